The molecule has 2 aliphatic rings. The number of amides is 3. The highest BCUT2D eigenvalue weighted by atomic mass is 16.2. The molecule has 1 saturated heterocycles. The summed E-state index contributed by atoms with van der Waals surface area (Å²) in [6, 6.07) is 10.4. The third-order valence-corrected chi connectivity index (χ3v) is 4.57. The Bertz CT molecular complexity index is 506. The van der Waals surface area contributed by atoms with Crippen molar-refractivity contribution in [2.45, 2.75) is 18.3 Å². The molecule has 1 aliphatic heterocycles. The van der Waals surface area contributed by atoms with Crippen LogP contribution in [0, 0.1) is 0 Å². The molecule has 1 N–H and O–H groups in total. The number of hydrogen-bond donors (Lipinski definition) is 1. The van der Waals surface area contributed by atoms with Gasteiger partial charge in [-0.15, -0.1) is 0 Å². The van der Waals surface area contributed by atoms with Crippen LogP contribution in [0.15, 0.2) is 30.3 Å². The number of benzene rings is 1. The Kier molecular flexibility index (Phi) is 3.82. The summed E-state index contributed by atoms with van der Waals surface area (Å²) in [7, 11) is 0. The summed E-state index contributed by atoms with van der Waals surface area (Å²) in [5, 5.41) is 3.07. The second-order valence-corrected chi connectivity index (χ2v) is 5.93. The molecule has 3 rings (SSSR count). The lowest BCUT2D eigenvalue weighted by molar-refractivity contribution is -0.119. The maximum absolute atomic E-state index is 12.2. The van der Waals surface area contributed by atoms with Gasteiger partial charge < -0.3 is 15.1 Å². The fraction of sp³-hybridized carbons (Fsp3) is 0.500. The van der Waals surface area contributed by atoms with Crippen LogP contribution in [-0.4, -0.2) is 55.0 Å². The molecule has 5 heteroatoms. The zero-order valence-corrected chi connectivity index (χ0v) is 12.1. The van der Waals surface area contributed by atoms with Gasteiger partial charge in [-0.05, 0) is 18.4 Å². The van der Waals surface area contributed by atoms with Crippen LogP contribution >= 0.6 is 0 Å². The second-order valence-electron chi connectivity index (χ2n) is 5.93. The van der Waals surface area contributed by atoms with Crippen molar-refractivity contribution in [3.63, 3.8) is 0 Å². The first-order valence-electron chi connectivity index (χ1n) is 7.51. The van der Waals surface area contributed by atoms with Crippen LogP contribution in [0.2, 0.25) is 0 Å². The van der Waals surface area contributed by atoms with E-state index in [1.807, 2.05) is 6.07 Å². The molecule has 1 aromatic carbocycles. The highest BCUT2D eigenvalue weighted by Crippen LogP contribution is 2.47. The molecule has 5 nitrogen and oxygen atoms in total. The molecule has 2 fully saturated rings. The van der Waals surface area contributed by atoms with Crippen LogP contribution in [-0.2, 0) is 10.2 Å². The number of nitrogens with zero attached hydrogens (tertiary/aromatic N) is 2. The topological polar surface area (TPSA) is 52.7 Å². The van der Waals surface area contributed by atoms with E-state index in [0.29, 0.717) is 32.7 Å². The predicted molar refractivity (Wildman–Crippen MR) is 80.0 cm³/mol. The minimum absolute atomic E-state index is 0.0113. The Morgan fingerprint density at radius 1 is 1.14 bits per heavy atom. The molecule has 1 saturated carbocycles. The molecule has 1 aliphatic carbocycles. The number of hydrogen-bond acceptors (Lipinski definition) is 2. The molecule has 0 unspecified atom stereocenters. The molecule has 3 amide bonds. The monoisotopic (exact) mass is 287 g/mol. The lowest BCUT2D eigenvalue weighted by Crippen LogP contribution is -2.52. The van der Waals surface area contributed by atoms with Crippen LogP contribution in [0.4, 0.5) is 4.79 Å². The molecule has 0 atom stereocenters. The van der Waals surface area contributed by atoms with E-state index in [2.05, 4.69) is 29.6 Å². The molecular formula is C16H21N3O2. The maximum atomic E-state index is 12.2. The van der Waals surface area contributed by atoms with E-state index in [1.165, 1.54) is 5.56 Å². The Hall–Kier alpha value is -2.04. The van der Waals surface area contributed by atoms with Crippen LogP contribution in [0.25, 0.3) is 0 Å². The first kappa shape index (κ1) is 13.9. The van der Waals surface area contributed by atoms with E-state index in [1.54, 1.807) is 9.80 Å². The van der Waals surface area contributed by atoms with E-state index in [4.69, 9.17) is 0 Å². The molecule has 0 radical (unpaired) electrons. The maximum Gasteiger partial charge on any atom is 0.317 e. The molecule has 112 valence electrons. The fourth-order valence-electron chi connectivity index (χ4n) is 2.90. The summed E-state index contributed by atoms with van der Waals surface area (Å²) in [4.78, 5) is 26.4. The van der Waals surface area contributed by atoms with Crippen molar-refractivity contribution in [3.05, 3.63) is 35.9 Å². The van der Waals surface area contributed by atoms with E-state index >= 15 is 0 Å². The third-order valence-electron chi connectivity index (χ3n) is 4.57. The molecule has 1 heterocycles. The van der Waals surface area contributed by atoms with Gasteiger partial charge in [0.05, 0.1) is 0 Å². The zero-order chi connectivity index (χ0) is 14.7. The minimum atomic E-state index is -0.0113. The normalized spacial score (nSPS) is 20.0. The molecule has 21 heavy (non-hydrogen) atoms. The lowest BCUT2D eigenvalue weighted by atomic mass is 9.96. The standard InChI is InChI=1S/C16H21N3O2/c20-13-18-8-10-19(11-9-18)15(21)17-12-16(6-7-16)14-4-2-1-3-5-14/h1-5,13H,6-12H2,(H,17,21). The van der Waals surface area contributed by atoms with Gasteiger partial charge in [0.25, 0.3) is 0 Å². The van der Waals surface area contributed by atoms with Gasteiger partial charge in [0.2, 0.25) is 6.41 Å². The lowest BCUT2D eigenvalue weighted by Gasteiger charge is -2.33. The van der Waals surface area contributed by atoms with Gasteiger partial charge >= 0.3 is 6.03 Å². The summed E-state index contributed by atoms with van der Waals surface area (Å²) >= 11 is 0. The SMILES string of the molecule is O=CN1CCN(C(=O)NCC2(c3ccccc3)CC2)CC1. The van der Waals surface area contributed by atoms with Crippen molar-refractivity contribution >= 4 is 12.4 Å². The van der Waals surface area contributed by atoms with Crippen molar-refractivity contribution < 1.29 is 9.59 Å². The Morgan fingerprint density at radius 2 is 1.81 bits per heavy atom. The molecule has 0 aromatic heterocycles. The second kappa shape index (κ2) is 5.76. The summed E-state index contributed by atoms with van der Waals surface area (Å²) < 4.78 is 0. The van der Waals surface area contributed by atoms with Crippen molar-refractivity contribution in [2.24, 2.45) is 0 Å². The van der Waals surface area contributed by atoms with E-state index in [-0.39, 0.29) is 11.4 Å². The van der Waals surface area contributed by atoms with E-state index < -0.39 is 0 Å². The number of nitrogens with one attached hydrogen (secondary N) is 1. The van der Waals surface area contributed by atoms with Gasteiger partial charge in [0, 0.05) is 38.1 Å². The van der Waals surface area contributed by atoms with Crippen LogP contribution in [0.1, 0.15) is 18.4 Å². The first-order chi connectivity index (χ1) is 10.2. The van der Waals surface area contributed by atoms with Gasteiger partial charge in [-0.25, -0.2) is 4.79 Å². The smallest absolute Gasteiger partial charge is 0.317 e. The molecule has 0 bridgehead atoms. The van der Waals surface area contributed by atoms with Crippen molar-refractivity contribution in [1.82, 2.24) is 15.1 Å². The van der Waals surface area contributed by atoms with Crippen LogP contribution in [0.5, 0.6) is 0 Å². The Balaban J connectivity index is 1.51. The summed E-state index contributed by atoms with van der Waals surface area (Å²) in [5.41, 5.74) is 1.46. The Labute approximate surface area is 124 Å². The van der Waals surface area contributed by atoms with Crippen LogP contribution < -0.4 is 5.32 Å². The average Bonchev–Trinajstić information content (AvgIpc) is 3.35. The first-order valence-corrected chi connectivity index (χ1v) is 7.51. The van der Waals surface area contributed by atoms with Crippen molar-refractivity contribution in [3.8, 4) is 0 Å². The summed E-state index contributed by atoms with van der Waals surface area (Å²) in [6.07, 6.45) is 3.12. The third kappa shape index (κ3) is 3.01. The number of urea groups is 1. The number of carbonyl (C=O) groups is 2. The summed E-state index contributed by atoms with van der Waals surface area (Å²) in [5.74, 6) is 0. The highest BCUT2D eigenvalue weighted by Gasteiger charge is 2.44. The fourth-order valence-corrected chi connectivity index (χ4v) is 2.90. The van der Waals surface area contributed by atoms with Gasteiger partial charge in [0.15, 0.2) is 0 Å². The van der Waals surface area contributed by atoms with Gasteiger partial charge in [-0.2, -0.15) is 0 Å². The van der Waals surface area contributed by atoms with E-state index in [9.17, 15) is 9.59 Å². The largest absolute Gasteiger partial charge is 0.342 e. The van der Waals surface area contributed by atoms with Crippen LogP contribution in [0.3, 0.4) is 0 Å². The zero-order valence-electron chi connectivity index (χ0n) is 12.1. The van der Waals surface area contributed by atoms with Gasteiger partial charge in [-0.3, -0.25) is 4.79 Å². The number of piperazine rings is 1. The van der Waals surface area contributed by atoms with Crippen molar-refractivity contribution in [2.75, 3.05) is 32.7 Å². The molecule has 1 aromatic rings. The molecule has 0 spiro atoms. The van der Waals surface area contributed by atoms with Gasteiger partial charge in [0.1, 0.15) is 0 Å². The number of rotatable bonds is 4. The quantitative estimate of drug-likeness (QED) is 0.846. The summed E-state index contributed by atoms with van der Waals surface area (Å²) in [6.45, 7) is 3.18. The highest BCUT2D eigenvalue weighted by molar-refractivity contribution is 5.74. The molecular weight excluding hydrogens is 266 g/mol. The van der Waals surface area contributed by atoms with E-state index in [0.717, 1.165) is 19.3 Å². The predicted octanol–water partition coefficient (Wildman–Crippen LogP) is 1.20. The average molecular weight is 287 g/mol. The minimum Gasteiger partial charge on any atom is -0.342 e. The van der Waals surface area contributed by atoms with Gasteiger partial charge in [-0.1, -0.05) is 30.3 Å². The number of carbonyl (C=O) groups excluding carboxylic acids is 2. The Morgan fingerprint density at radius 3 is 2.38 bits per heavy atom. The van der Waals surface area contributed by atoms with Crippen molar-refractivity contribution in [1.29, 1.82) is 0 Å².